The van der Waals surface area contributed by atoms with Crippen LogP contribution in [0.4, 0.5) is 17.1 Å². The smallest absolute Gasteiger partial charge is 0.0555 e. The van der Waals surface area contributed by atoms with E-state index in [-0.39, 0.29) is 0 Å². The number of benzene rings is 9. The van der Waals surface area contributed by atoms with Crippen molar-refractivity contribution in [3.8, 4) is 0 Å². The van der Waals surface area contributed by atoms with Crippen LogP contribution in [0.1, 0.15) is 16.7 Å². The zero-order chi connectivity index (χ0) is 38.2. The molecule has 0 unspecified atom stereocenters. The van der Waals surface area contributed by atoms with Crippen molar-refractivity contribution in [2.75, 3.05) is 4.90 Å². The molecule has 0 fully saturated rings. The van der Waals surface area contributed by atoms with Crippen LogP contribution in [0.25, 0.3) is 82.9 Å². The minimum Gasteiger partial charge on any atom is -0.309 e. The Morgan fingerprint density at radius 1 is 0.397 bits per heavy atom. The molecular weight excluding hydrogens is 759 g/mol. The normalized spacial score (nSPS) is 12.2. The number of para-hydroxylation sites is 1. The van der Waals surface area contributed by atoms with Crippen LogP contribution in [0.2, 0.25) is 0 Å². The molecule has 0 aliphatic heterocycles. The average molecular weight is 792 g/mol. The van der Waals surface area contributed by atoms with Crippen molar-refractivity contribution in [2.24, 2.45) is 0 Å². The second-order valence-electron chi connectivity index (χ2n) is 14.8. The molecular formula is C54H33NS3. The van der Waals surface area contributed by atoms with Crippen LogP contribution in [-0.2, 0) is 0 Å². The van der Waals surface area contributed by atoms with Gasteiger partial charge in [0, 0.05) is 77.2 Å². The summed E-state index contributed by atoms with van der Waals surface area (Å²) in [5, 5.41) is 10.3. The molecule has 12 rings (SSSR count). The molecule has 58 heavy (non-hydrogen) atoms. The van der Waals surface area contributed by atoms with E-state index in [1.54, 1.807) is 0 Å². The Morgan fingerprint density at radius 2 is 1.02 bits per heavy atom. The molecule has 0 radical (unpaired) electrons. The maximum absolute atomic E-state index is 2.45. The first-order valence-electron chi connectivity index (χ1n) is 19.6. The molecule has 9 aromatic carbocycles. The van der Waals surface area contributed by atoms with Crippen LogP contribution < -0.4 is 4.90 Å². The first-order valence-corrected chi connectivity index (χ1v) is 22.0. The molecule has 3 heterocycles. The lowest BCUT2D eigenvalue weighted by Crippen LogP contribution is -2.10. The van der Waals surface area contributed by atoms with Crippen molar-refractivity contribution in [3.63, 3.8) is 0 Å². The fourth-order valence-electron chi connectivity index (χ4n) is 8.82. The van der Waals surface area contributed by atoms with Gasteiger partial charge in [0.1, 0.15) is 0 Å². The van der Waals surface area contributed by atoms with Crippen molar-refractivity contribution < 1.29 is 0 Å². The Bertz CT molecular complexity index is 3580. The summed E-state index contributed by atoms with van der Waals surface area (Å²) in [5.74, 6) is 0. The maximum atomic E-state index is 2.45. The third-order valence-corrected chi connectivity index (χ3v) is 14.9. The highest BCUT2D eigenvalue weighted by Gasteiger charge is 2.22. The summed E-state index contributed by atoms with van der Waals surface area (Å²) in [6.07, 6.45) is 2.42. The van der Waals surface area contributed by atoms with E-state index in [4.69, 9.17) is 0 Å². The number of fused-ring (bicyclic) bond motifs is 10. The first-order chi connectivity index (χ1) is 28.7. The summed E-state index contributed by atoms with van der Waals surface area (Å²) in [4.78, 5) is 2.45. The molecule has 1 nitrogen and oxygen atoms in total. The lowest BCUT2D eigenvalue weighted by molar-refractivity contribution is 1.32. The Hall–Kier alpha value is -6.56. The molecule has 0 amide bonds. The van der Waals surface area contributed by atoms with Gasteiger partial charge >= 0.3 is 0 Å². The van der Waals surface area contributed by atoms with Crippen LogP contribution in [0.3, 0.4) is 0 Å². The van der Waals surface area contributed by atoms with Crippen molar-refractivity contribution in [1.29, 1.82) is 0 Å². The van der Waals surface area contributed by atoms with E-state index in [9.17, 15) is 0 Å². The summed E-state index contributed by atoms with van der Waals surface area (Å²) in [6.45, 7) is 0. The number of anilines is 3. The van der Waals surface area contributed by atoms with Crippen LogP contribution in [0.15, 0.2) is 194 Å². The number of nitrogens with zero attached hydrogens (tertiary/aromatic N) is 1. The van der Waals surface area contributed by atoms with Gasteiger partial charge in [-0.05, 0) is 88.8 Å². The Morgan fingerprint density at radius 3 is 1.88 bits per heavy atom. The predicted octanol–water partition coefficient (Wildman–Crippen LogP) is 17.0. The SMILES string of the molecule is C(=C(\c1ccc2sc3ccccc3c2c1)c1cccc2c1sc1cccc(N(c3ccccc3)c3cccc4ccccc34)c12)/c1ccc2c(c1)sc1ccccc12. The monoisotopic (exact) mass is 791 g/mol. The van der Waals surface area contributed by atoms with Crippen LogP contribution >= 0.6 is 34.0 Å². The van der Waals surface area contributed by atoms with E-state index in [1.165, 1.54) is 105 Å². The van der Waals surface area contributed by atoms with Gasteiger partial charge in [-0.2, -0.15) is 0 Å². The molecule has 4 heteroatoms. The van der Waals surface area contributed by atoms with Crippen LogP contribution in [-0.4, -0.2) is 0 Å². The molecule has 0 N–H and O–H groups in total. The molecule has 0 bridgehead atoms. The van der Waals surface area contributed by atoms with E-state index < -0.39 is 0 Å². The van der Waals surface area contributed by atoms with E-state index >= 15 is 0 Å². The Labute approximate surface area is 347 Å². The minimum atomic E-state index is 1.13. The van der Waals surface area contributed by atoms with Gasteiger partial charge in [0.2, 0.25) is 0 Å². The van der Waals surface area contributed by atoms with Gasteiger partial charge in [-0.1, -0.05) is 133 Å². The number of hydrogen-bond acceptors (Lipinski definition) is 4. The van der Waals surface area contributed by atoms with Crippen molar-refractivity contribution in [3.05, 3.63) is 211 Å². The fourth-order valence-corrected chi connectivity index (χ4v) is 12.3. The molecule has 0 spiro atoms. The highest BCUT2D eigenvalue weighted by molar-refractivity contribution is 7.26. The lowest BCUT2D eigenvalue weighted by atomic mass is 9.93. The van der Waals surface area contributed by atoms with Gasteiger partial charge in [0.25, 0.3) is 0 Å². The second kappa shape index (κ2) is 13.5. The van der Waals surface area contributed by atoms with Crippen molar-refractivity contribution in [1.82, 2.24) is 0 Å². The van der Waals surface area contributed by atoms with E-state index in [0.717, 1.165) is 5.69 Å². The standard InChI is InChI=1S/C54H33NS3/c1-2-15-37(16-3-1)55(46-22-10-14-35-13-4-5-17-38(35)46)47-23-12-26-51-53(47)43-21-11-20-42(54(43)58-51)44(36-28-30-50-45(33-36)40-19-7-9-25-49(40)56-50)31-34-27-29-41-39-18-6-8-24-48(39)57-52(41)32-34/h1-33H/b44-31-. The van der Waals surface area contributed by atoms with Gasteiger partial charge in [-0.3, -0.25) is 0 Å². The van der Waals surface area contributed by atoms with Crippen LogP contribution in [0.5, 0.6) is 0 Å². The average Bonchev–Trinajstić information content (AvgIpc) is 3.97. The van der Waals surface area contributed by atoms with Gasteiger partial charge in [0.15, 0.2) is 0 Å². The summed E-state index contributed by atoms with van der Waals surface area (Å²) in [6, 6.07) is 71.5. The molecule has 272 valence electrons. The second-order valence-corrected chi connectivity index (χ2v) is 18.0. The third-order valence-electron chi connectivity index (χ3n) is 11.5. The van der Waals surface area contributed by atoms with Gasteiger partial charge in [0.05, 0.1) is 11.4 Å². The highest BCUT2D eigenvalue weighted by atomic mass is 32.1. The van der Waals surface area contributed by atoms with Gasteiger partial charge < -0.3 is 4.90 Å². The summed E-state index contributed by atoms with van der Waals surface area (Å²) >= 11 is 5.64. The summed E-state index contributed by atoms with van der Waals surface area (Å²) in [5.41, 5.74) is 8.38. The first kappa shape index (κ1) is 33.6. The largest absolute Gasteiger partial charge is 0.309 e. The Kier molecular flexibility index (Phi) is 7.83. The van der Waals surface area contributed by atoms with E-state index in [2.05, 4.69) is 205 Å². The fraction of sp³-hybridized carbons (Fsp3) is 0. The van der Waals surface area contributed by atoms with Crippen molar-refractivity contribution >= 4 is 134 Å². The maximum Gasteiger partial charge on any atom is 0.0555 e. The zero-order valence-corrected chi connectivity index (χ0v) is 33.7. The Balaban J connectivity index is 1.11. The molecule has 0 saturated carbocycles. The minimum absolute atomic E-state index is 1.13. The number of hydrogen-bond donors (Lipinski definition) is 0. The zero-order valence-electron chi connectivity index (χ0n) is 31.2. The summed E-state index contributed by atoms with van der Waals surface area (Å²) < 4.78 is 7.84. The van der Waals surface area contributed by atoms with Crippen molar-refractivity contribution in [2.45, 2.75) is 0 Å². The number of thiophene rings is 3. The molecule has 12 aromatic rings. The molecule has 3 aromatic heterocycles. The topological polar surface area (TPSA) is 3.24 Å². The third kappa shape index (κ3) is 5.41. The van der Waals surface area contributed by atoms with E-state index in [0.29, 0.717) is 0 Å². The summed E-state index contributed by atoms with van der Waals surface area (Å²) in [7, 11) is 0. The molecule has 0 saturated heterocycles. The molecule has 0 aliphatic carbocycles. The van der Waals surface area contributed by atoms with Gasteiger partial charge in [-0.25, -0.2) is 0 Å². The highest BCUT2D eigenvalue weighted by Crippen LogP contribution is 2.49. The molecule has 0 aliphatic rings. The van der Waals surface area contributed by atoms with E-state index in [1.807, 2.05) is 34.0 Å². The molecule has 0 atom stereocenters. The van der Waals surface area contributed by atoms with Gasteiger partial charge in [-0.15, -0.1) is 34.0 Å². The quantitative estimate of drug-likeness (QED) is 0.152. The predicted molar refractivity (Wildman–Crippen MR) is 257 cm³/mol. The number of rotatable bonds is 6. The van der Waals surface area contributed by atoms with Crippen LogP contribution in [0, 0.1) is 0 Å². The lowest BCUT2D eigenvalue weighted by Gasteiger charge is -2.27.